The van der Waals surface area contributed by atoms with Crippen molar-refractivity contribution in [3.8, 4) is 0 Å². The summed E-state index contributed by atoms with van der Waals surface area (Å²) in [5.41, 5.74) is 10.1. The fraction of sp³-hybridized carbons (Fsp3) is 0.727. The molecule has 18 heavy (non-hydrogen) atoms. The maximum atomic E-state index is 11.9. The number of nitrogens with two attached hydrogens (primary N) is 2. The van der Waals surface area contributed by atoms with Crippen LogP contribution in [0.1, 0.15) is 19.3 Å². The molecule has 1 fully saturated rings. The Bertz CT molecular complexity index is 310. The van der Waals surface area contributed by atoms with E-state index in [0.717, 1.165) is 30.8 Å². The number of hydrogen-bond acceptors (Lipinski definition) is 4. The van der Waals surface area contributed by atoms with Crippen LogP contribution in [0, 0.1) is 5.92 Å². The minimum atomic E-state index is -0.646. The Morgan fingerprint density at radius 2 is 1.78 bits per heavy atom. The first-order valence-electron chi connectivity index (χ1n) is 6.04. The maximum Gasteiger partial charge on any atom is 0.237 e. The second-order valence-electron chi connectivity index (χ2n) is 4.58. The third kappa shape index (κ3) is 5.13. The van der Waals surface area contributed by atoms with Gasteiger partial charge >= 0.3 is 0 Å². The second-order valence-corrected chi connectivity index (χ2v) is 4.58. The lowest BCUT2D eigenvalue weighted by Gasteiger charge is -2.20. The maximum absolute atomic E-state index is 11.9. The van der Waals surface area contributed by atoms with Crippen molar-refractivity contribution in [2.75, 3.05) is 26.2 Å². The van der Waals surface area contributed by atoms with Crippen molar-refractivity contribution >= 4 is 17.7 Å². The molecule has 1 aliphatic heterocycles. The summed E-state index contributed by atoms with van der Waals surface area (Å²) in [4.78, 5) is 34.6. The summed E-state index contributed by atoms with van der Waals surface area (Å²) >= 11 is 0. The molecule has 0 aromatic carbocycles. The summed E-state index contributed by atoms with van der Waals surface area (Å²) in [6.07, 6.45) is 2.12. The molecule has 0 bridgehead atoms. The summed E-state index contributed by atoms with van der Waals surface area (Å²) in [7, 11) is 0. The molecule has 7 heteroatoms. The Hall–Kier alpha value is -1.63. The van der Waals surface area contributed by atoms with Crippen LogP contribution < -0.4 is 16.8 Å². The van der Waals surface area contributed by atoms with Crippen LogP contribution >= 0.6 is 0 Å². The molecule has 0 aliphatic carbocycles. The Morgan fingerprint density at radius 1 is 1.17 bits per heavy atom. The fourth-order valence-corrected chi connectivity index (χ4v) is 2.06. The Balaban J connectivity index is 2.41. The molecule has 7 nitrogen and oxygen atoms in total. The van der Waals surface area contributed by atoms with Crippen LogP contribution in [0.2, 0.25) is 0 Å². The highest BCUT2D eigenvalue weighted by Gasteiger charge is 2.20. The van der Waals surface area contributed by atoms with E-state index < -0.39 is 11.8 Å². The Morgan fingerprint density at radius 3 is 2.22 bits per heavy atom. The molecule has 1 atom stereocenters. The van der Waals surface area contributed by atoms with Gasteiger partial charge in [-0.3, -0.25) is 14.4 Å². The van der Waals surface area contributed by atoms with Crippen LogP contribution in [-0.2, 0) is 14.4 Å². The molecule has 1 heterocycles. The molecule has 5 N–H and O–H groups in total. The predicted molar refractivity (Wildman–Crippen MR) is 65.2 cm³/mol. The molecule has 102 valence electrons. The lowest BCUT2D eigenvalue weighted by Crippen LogP contribution is -2.43. The van der Waals surface area contributed by atoms with Crippen LogP contribution in [0.5, 0.6) is 0 Å². The van der Waals surface area contributed by atoms with Crippen LogP contribution in [0.4, 0.5) is 0 Å². The normalized spacial score (nSPS) is 18.6. The summed E-state index contributed by atoms with van der Waals surface area (Å²) in [5, 5.41) is 3.22. The molecule has 0 radical (unpaired) electrons. The average molecular weight is 256 g/mol. The second kappa shape index (κ2) is 6.95. The van der Waals surface area contributed by atoms with E-state index in [4.69, 9.17) is 11.5 Å². The topological polar surface area (TPSA) is 119 Å². The van der Waals surface area contributed by atoms with Gasteiger partial charge in [-0.2, -0.15) is 0 Å². The van der Waals surface area contributed by atoms with Crippen LogP contribution in [0.25, 0.3) is 0 Å². The molecule has 1 saturated heterocycles. The fourth-order valence-electron chi connectivity index (χ4n) is 2.06. The van der Waals surface area contributed by atoms with E-state index >= 15 is 0 Å². The number of amides is 3. The third-order valence-electron chi connectivity index (χ3n) is 2.97. The Kier molecular flexibility index (Phi) is 5.57. The van der Waals surface area contributed by atoms with E-state index in [1.54, 1.807) is 0 Å². The number of hydrogen-bond donors (Lipinski definition) is 3. The van der Waals surface area contributed by atoms with Crippen molar-refractivity contribution in [1.82, 2.24) is 10.2 Å². The predicted octanol–water partition coefficient (Wildman–Crippen LogP) is -1.82. The van der Waals surface area contributed by atoms with Gasteiger partial charge in [0.25, 0.3) is 0 Å². The zero-order valence-corrected chi connectivity index (χ0v) is 10.4. The average Bonchev–Trinajstić information content (AvgIpc) is 2.76. The number of carbonyl (C=O) groups is 3. The van der Waals surface area contributed by atoms with Crippen LogP contribution in [0.3, 0.4) is 0 Å². The first kappa shape index (κ1) is 14.4. The highest BCUT2D eigenvalue weighted by Crippen LogP contribution is 2.15. The van der Waals surface area contributed by atoms with Gasteiger partial charge in [-0.25, -0.2) is 0 Å². The molecule has 1 rings (SSSR count). The molecular weight excluding hydrogens is 236 g/mol. The van der Waals surface area contributed by atoms with Crippen molar-refractivity contribution in [2.45, 2.75) is 19.3 Å². The SMILES string of the molecule is NC(=O)CN(CC(N)=O)C(=O)CCC1CCNC1. The molecule has 0 spiro atoms. The number of nitrogens with one attached hydrogen (secondary N) is 1. The number of primary amides is 2. The third-order valence-corrected chi connectivity index (χ3v) is 2.97. The summed E-state index contributed by atoms with van der Waals surface area (Å²) in [6.45, 7) is 1.37. The van der Waals surface area contributed by atoms with Gasteiger partial charge in [-0.15, -0.1) is 0 Å². The van der Waals surface area contributed by atoms with Gasteiger partial charge in [0.05, 0.1) is 13.1 Å². The molecular formula is C11H20N4O3. The van der Waals surface area contributed by atoms with Gasteiger partial charge in [0.2, 0.25) is 17.7 Å². The van der Waals surface area contributed by atoms with Gasteiger partial charge in [-0.05, 0) is 31.8 Å². The van der Waals surface area contributed by atoms with Gasteiger partial charge in [0, 0.05) is 6.42 Å². The molecule has 0 aromatic heterocycles. The summed E-state index contributed by atoms with van der Waals surface area (Å²) in [5.74, 6) is -1.06. The van der Waals surface area contributed by atoms with Crippen LogP contribution in [-0.4, -0.2) is 48.8 Å². The lowest BCUT2D eigenvalue weighted by atomic mass is 10.0. The monoisotopic (exact) mass is 256 g/mol. The summed E-state index contributed by atoms with van der Waals surface area (Å²) < 4.78 is 0. The van der Waals surface area contributed by atoms with Crippen molar-refractivity contribution in [1.29, 1.82) is 0 Å². The van der Waals surface area contributed by atoms with E-state index in [9.17, 15) is 14.4 Å². The largest absolute Gasteiger partial charge is 0.368 e. The van der Waals surface area contributed by atoms with Crippen molar-refractivity contribution < 1.29 is 14.4 Å². The molecule has 0 aromatic rings. The standard InChI is InChI=1S/C11H20N4O3/c12-9(16)6-15(7-10(13)17)11(18)2-1-8-3-4-14-5-8/h8,14H,1-7H2,(H2,12,16)(H2,13,17). The summed E-state index contributed by atoms with van der Waals surface area (Å²) in [6, 6.07) is 0. The molecule has 1 unspecified atom stereocenters. The minimum absolute atomic E-state index is 0.250. The van der Waals surface area contributed by atoms with Gasteiger partial charge < -0.3 is 21.7 Å². The van der Waals surface area contributed by atoms with Gasteiger partial charge in [-0.1, -0.05) is 0 Å². The van der Waals surface area contributed by atoms with E-state index in [1.165, 1.54) is 0 Å². The number of rotatable bonds is 7. The van der Waals surface area contributed by atoms with E-state index in [2.05, 4.69) is 5.32 Å². The van der Waals surface area contributed by atoms with Crippen LogP contribution in [0.15, 0.2) is 0 Å². The number of nitrogens with zero attached hydrogens (tertiary/aromatic N) is 1. The number of carbonyl (C=O) groups excluding carboxylic acids is 3. The first-order chi connectivity index (χ1) is 8.49. The Labute approximate surface area is 106 Å². The quantitative estimate of drug-likeness (QED) is 0.496. The molecule has 3 amide bonds. The van der Waals surface area contributed by atoms with E-state index in [1.807, 2.05) is 0 Å². The molecule has 0 saturated carbocycles. The zero-order valence-electron chi connectivity index (χ0n) is 10.4. The van der Waals surface area contributed by atoms with Crippen molar-refractivity contribution in [3.63, 3.8) is 0 Å². The smallest absolute Gasteiger partial charge is 0.237 e. The first-order valence-corrected chi connectivity index (χ1v) is 6.04. The zero-order chi connectivity index (χ0) is 13.5. The van der Waals surface area contributed by atoms with E-state index in [-0.39, 0.29) is 19.0 Å². The molecule has 1 aliphatic rings. The highest BCUT2D eigenvalue weighted by atomic mass is 16.2. The minimum Gasteiger partial charge on any atom is -0.368 e. The van der Waals surface area contributed by atoms with Crippen molar-refractivity contribution in [2.24, 2.45) is 17.4 Å². The highest BCUT2D eigenvalue weighted by molar-refractivity contribution is 5.88. The van der Waals surface area contributed by atoms with Gasteiger partial charge in [0.1, 0.15) is 0 Å². The lowest BCUT2D eigenvalue weighted by molar-refractivity contribution is -0.138. The van der Waals surface area contributed by atoms with E-state index in [0.29, 0.717) is 12.3 Å². The van der Waals surface area contributed by atoms with Crippen molar-refractivity contribution in [3.05, 3.63) is 0 Å². The van der Waals surface area contributed by atoms with Gasteiger partial charge in [0.15, 0.2) is 0 Å².